The molecule has 1 aliphatic heterocycles. The van der Waals surface area contributed by atoms with Crippen LogP contribution in [0.2, 0.25) is 0 Å². The van der Waals surface area contributed by atoms with Crippen LogP contribution in [0.4, 0.5) is 24.1 Å². The van der Waals surface area contributed by atoms with Gasteiger partial charge in [-0.1, -0.05) is 12.7 Å². The van der Waals surface area contributed by atoms with Crippen LogP contribution in [0, 0.1) is 6.92 Å². The zero-order valence-electron chi connectivity index (χ0n) is 17.6. The number of nitrogens with zero attached hydrogens (tertiary/aromatic N) is 4. The topological polar surface area (TPSA) is 63.1 Å². The zero-order chi connectivity index (χ0) is 23.0. The number of fused-ring (bicyclic) bond motifs is 1. The Kier molecular flexibility index (Phi) is 5.81. The Balaban J connectivity index is 1.80. The van der Waals surface area contributed by atoms with Gasteiger partial charge in [0.15, 0.2) is 5.13 Å². The molecule has 0 radical (unpaired) electrons. The molecule has 4 rings (SSSR count). The maximum Gasteiger partial charge on any atom is 0.408 e. The lowest BCUT2D eigenvalue weighted by Crippen LogP contribution is -2.33. The maximum atomic E-state index is 13.5. The highest BCUT2D eigenvalue weighted by molar-refractivity contribution is 7.15. The first kappa shape index (κ1) is 22.1. The van der Waals surface area contributed by atoms with E-state index in [-0.39, 0.29) is 5.91 Å². The van der Waals surface area contributed by atoms with Gasteiger partial charge in [0, 0.05) is 41.8 Å². The predicted octanol–water partition coefficient (Wildman–Crippen LogP) is 5.47. The fraction of sp³-hybridized carbons (Fsp3) is 0.318. The monoisotopic (exact) mass is 461 g/mol. The molecule has 6 nitrogen and oxygen atoms in total. The van der Waals surface area contributed by atoms with Gasteiger partial charge in [-0.2, -0.15) is 13.2 Å². The summed E-state index contributed by atoms with van der Waals surface area (Å²) in [6.07, 6.45) is 2.49. The highest BCUT2D eigenvalue weighted by atomic mass is 32.1. The van der Waals surface area contributed by atoms with Crippen LogP contribution in [0.3, 0.4) is 0 Å². The number of pyridine rings is 1. The SMILES string of the molecule is C=CC(=O)N1CC=C(c2nc(Nc3ncc(C)s3)cc3c2ccn3[C@H](C)C(F)(F)F)CC1. The smallest absolute Gasteiger partial charge is 0.335 e. The molecule has 1 atom stereocenters. The first-order valence-electron chi connectivity index (χ1n) is 10.1. The average Bonchev–Trinajstić information content (AvgIpc) is 3.37. The Morgan fingerprint density at radius 1 is 1.41 bits per heavy atom. The maximum absolute atomic E-state index is 13.5. The minimum atomic E-state index is -4.38. The Bertz CT molecular complexity index is 1210. The highest BCUT2D eigenvalue weighted by Gasteiger charge is 2.38. The van der Waals surface area contributed by atoms with Gasteiger partial charge in [-0.15, -0.1) is 11.3 Å². The molecule has 3 aromatic heterocycles. The largest absolute Gasteiger partial charge is 0.408 e. The average molecular weight is 462 g/mol. The number of halogens is 3. The molecule has 4 heterocycles. The number of hydrogen-bond acceptors (Lipinski definition) is 5. The lowest BCUT2D eigenvalue weighted by Gasteiger charge is -2.25. The third-order valence-corrected chi connectivity index (χ3v) is 6.29. The van der Waals surface area contributed by atoms with E-state index in [0.29, 0.717) is 47.1 Å². The molecule has 0 aliphatic carbocycles. The van der Waals surface area contributed by atoms with Crippen LogP contribution < -0.4 is 5.32 Å². The summed E-state index contributed by atoms with van der Waals surface area (Å²) < 4.78 is 41.7. The molecule has 0 fully saturated rings. The van der Waals surface area contributed by atoms with Crippen molar-refractivity contribution in [3.63, 3.8) is 0 Å². The molecule has 32 heavy (non-hydrogen) atoms. The predicted molar refractivity (Wildman–Crippen MR) is 120 cm³/mol. The lowest BCUT2D eigenvalue weighted by molar-refractivity contribution is -0.162. The van der Waals surface area contributed by atoms with Gasteiger partial charge in [-0.05, 0) is 38.0 Å². The first-order chi connectivity index (χ1) is 15.2. The Morgan fingerprint density at radius 2 is 2.19 bits per heavy atom. The van der Waals surface area contributed by atoms with E-state index in [9.17, 15) is 18.0 Å². The van der Waals surface area contributed by atoms with Crippen LogP contribution in [0.25, 0.3) is 16.5 Å². The molecule has 1 N–H and O–H groups in total. The number of anilines is 2. The van der Waals surface area contributed by atoms with Crippen molar-refractivity contribution in [2.24, 2.45) is 0 Å². The summed E-state index contributed by atoms with van der Waals surface area (Å²) in [5, 5.41) is 4.37. The summed E-state index contributed by atoms with van der Waals surface area (Å²) in [5.74, 6) is 0.264. The van der Waals surface area contributed by atoms with Gasteiger partial charge < -0.3 is 14.8 Å². The van der Waals surface area contributed by atoms with Gasteiger partial charge in [-0.3, -0.25) is 4.79 Å². The van der Waals surface area contributed by atoms with E-state index in [1.54, 1.807) is 23.2 Å². The number of aromatic nitrogens is 3. The minimum absolute atomic E-state index is 0.155. The Morgan fingerprint density at radius 3 is 2.78 bits per heavy atom. The number of alkyl halides is 3. The van der Waals surface area contributed by atoms with E-state index in [0.717, 1.165) is 17.4 Å². The standard InChI is InChI=1S/C22H22F3N5OS/c1-4-19(31)29-8-5-15(6-9-29)20-16-7-10-30(14(3)22(23,24)25)17(16)11-18(27-20)28-21-26-12-13(2)32-21/h4-5,7,10-12,14H,1,6,8-9H2,2-3H3,(H,26,27,28)/t14-/m1/s1. The van der Waals surface area contributed by atoms with Gasteiger partial charge >= 0.3 is 6.18 Å². The van der Waals surface area contributed by atoms with Gasteiger partial charge in [0.25, 0.3) is 0 Å². The van der Waals surface area contributed by atoms with E-state index >= 15 is 0 Å². The number of rotatable bonds is 5. The molecule has 0 bridgehead atoms. The third-order valence-electron chi connectivity index (χ3n) is 5.46. The van der Waals surface area contributed by atoms with Gasteiger partial charge in [0.1, 0.15) is 11.9 Å². The lowest BCUT2D eigenvalue weighted by atomic mass is 10.0. The molecular formula is C22H22F3N5OS. The minimum Gasteiger partial charge on any atom is -0.335 e. The second-order valence-corrected chi connectivity index (χ2v) is 8.83. The van der Waals surface area contributed by atoms with E-state index in [4.69, 9.17) is 4.98 Å². The van der Waals surface area contributed by atoms with Crippen LogP contribution in [0.15, 0.2) is 43.3 Å². The normalized spacial score (nSPS) is 15.5. The van der Waals surface area contributed by atoms with Crippen LogP contribution in [0.5, 0.6) is 0 Å². The third kappa shape index (κ3) is 4.27. The van der Waals surface area contributed by atoms with Crippen LogP contribution in [-0.2, 0) is 4.79 Å². The molecule has 0 aromatic carbocycles. The first-order valence-corrected chi connectivity index (χ1v) is 10.9. The quantitative estimate of drug-likeness (QED) is 0.512. The van der Waals surface area contributed by atoms with Crippen molar-refractivity contribution in [1.82, 2.24) is 19.4 Å². The number of amides is 1. The van der Waals surface area contributed by atoms with Crippen molar-refractivity contribution in [3.8, 4) is 0 Å². The van der Waals surface area contributed by atoms with Gasteiger partial charge in [0.2, 0.25) is 5.91 Å². The fourth-order valence-corrected chi connectivity index (χ4v) is 4.37. The number of nitrogens with one attached hydrogen (secondary N) is 1. The van der Waals surface area contributed by atoms with Crippen LogP contribution in [-0.4, -0.2) is 44.6 Å². The second kappa shape index (κ2) is 8.42. The highest BCUT2D eigenvalue weighted by Crippen LogP contribution is 2.37. The van der Waals surface area contributed by atoms with Crippen molar-refractivity contribution >= 4 is 44.7 Å². The van der Waals surface area contributed by atoms with E-state index in [2.05, 4.69) is 16.9 Å². The Hall–Kier alpha value is -3.14. The fourth-order valence-electron chi connectivity index (χ4n) is 3.69. The number of hydrogen-bond donors (Lipinski definition) is 1. The number of thiazole rings is 1. The van der Waals surface area contributed by atoms with Gasteiger partial charge in [0.05, 0.1) is 11.2 Å². The molecule has 0 spiro atoms. The number of carbonyl (C=O) groups excluding carboxylic acids is 1. The summed E-state index contributed by atoms with van der Waals surface area (Å²) in [5.41, 5.74) is 1.93. The molecule has 168 valence electrons. The van der Waals surface area contributed by atoms with E-state index in [1.165, 1.54) is 28.2 Å². The van der Waals surface area contributed by atoms with Crippen molar-refractivity contribution < 1.29 is 18.0 Å². The molecule has 1 amide bonds. The van der Waals surface area contributed by atoms with Crippen molar-refractivity contribution in [1.29, 1.82) is 0 Å². The number of carbonyl (C=O) groups is 1. The summed E-state index contributed by atoms with van der Waals surface area (Å²) in [4.78, 5) is 23.5. The van der Waals surface area contributed by atoms with E-state index < -0.39 is 12.2 Å². The summed E-state index contributed by atoms with van der Waals surface area (Å²) in [6, 6.07) is 1.60. The molecule has 0 unspecified atom stereocenters. The van der Waals surface area contributed by atoms with Crippen molar-refractivity contribution in [2.45, 2.75) is 32.5 Å². The molecule has 1 aliphatic rings. The zero-order valence-corrected chi connectivity index (χ0v) is 18.4. The van der Waals surface area contributed by atoms with Crippen molar-refractivity contribution in [2.75, 3.05) is 18.4 Å². The second-order valence-electron chi connectivity index (χ2n) is 7.60. The molecule has 10 heteroatoms. The summed E-state index contributed by atoms with van der Waals surface area (Å²) >= 11 is 1.44. The van der Waals surface area contributed by atoms with Crippen LogP contribution in [0.1, 0.15) is 30.0 Å². The molecule has 0 saturated carbocycles. The Labute approximate surface area is 187 Å². The molecule has 0 saturated heterocycles. The number of aryl methyl sites for hydroxylation is 1. The van der Waals surface area contributed by atoms with E-state index in [1.807, 2.05) is 13.0 Å². The molecular weight excluding hydrogens is 439 g/mol. The molecule has 3 aromatic rings. The van der Waals surface area contributed by atoms with Gasteiger partial charge in [-0.25, -0.2) is 9.97 Å². The van der Waals surface area contributed by atoms with Crippen LogP contribution >= 0.6 is 11.3 Å². The summed E-state index contributed by atoms with van der Waals surface area (Å²) in [7, 11) is 0. The summed E-state index contributed by atoms with van der Waals surface area (Å²) in [6.45, 7) is 7.45. The van der Waals surface area contributed by atoms with Crippen molar-refractivity contribution in [3.05, 3.63) is 53.8 Å².